The number of nitrogens with zero attached hydrogens (tertiary/aromatic N) is 5. The number of rotatable bonds is 7. The Hall–Kier alpha value is -1.82. The summed E-state index contributed by atoms with van der Waals surface area (Å²) in [5.74, 6) is 2.19. The van der Waals surface area contributed by atoms with Gasteiger partial charge >= 0.3 is 0 Å². The SMILES string of the molecule is CCNC(=NCCCCn1ccnc1C)N1CCC(N2CC=CC2)C1. The van der Waals surface area contributed by atoms with Gasteiger partial charge in [0.25, 0.3) is 0 Å². The van der Waals surface area contributed by atoms with Crippen molar-refractivity contribution < 1.29 is 0 Å². The van der Waals surface area contributed by atoms with Gasteiger partial charge in [-0.15, -0.1) is 0 Å². The molecule has 0 amide bonds. The predicted molar refractivity (Wildman–Crippen MR) is 103 cm³/mol. The Morgan fingerprint density at radius 3 is 2.88 bits per heavy atom. The molecule has 1 N–H and O–H groups in total. The summed E-state index contributed by atoms with van der Waals surface area (Å²) < 4.78 is 2.21. The first kappa shape index (κ1) is 18.0. The van der Waals surface area contributed by atoms with E-state index in [0.29, 0.717) is 6.04 Å². The van der Waals surface area contributed by atoms with Gasteiger partial charge in [0.15, 0.2) is 5.96 Å². The van der Waals surface area contributed by atoms with Crippen molar-refractivity contribution in [3.63, 3.8) is 0 Å². The molecule has 0 aromatic carbocycles. The second-order valence-corrected chi connectivity index (χ2v) is 6.92. The molecular formula is C19H32N6. The van der Waals surface area contributed by atoms with Crippen molar-refractivity contribution in [3.05, 3.63) is 30.4 Å². The minimum atomic E-state index is 0.670. The molecular weight excluding hydrogens is 312 g/mol. The fraction of sp³-hybridized carbons (Fsp3) is 0.684. The number of hydrogen-bond donors (Lipinski definition) is 1. The highest BCUT2D eigenvalue weighted by molar-refractivity contribution is 5.80. The zero-order valence-corrected chi connectivity index (χ0v) is 15.7. The van der Waals surface area contributed by atoms with Gasteiger partial charge in [0.05, 0.1) is 0 Å². The molecule has 1 saturated heterocycles. The number of hydrogen-bond acceptors (Lipinski definition) is 3. The van der Waals surface area contributed by atoms with Gasteiger partial charge in [-0.1, -0.05) is 12.2 Å². The summed E-state index contributed by atoms with van der Waals surface area (Å²) in [5.41, 5.74) is 0. The largest absolute Gasteiger partial charge is 0.357 e. The fourth-order valence-corrected chi connectivity index (χ4v) is 3.67. The van der Waals surface area contributed by atoms with Crippen LogP contribution in [0.3, 0.4) is 0 Å². The summed E-state index contributed by atoms with van der Waals surface area (Å²) in [6, 6.07) is 0.670. The quantitative estimate of drug-likeness (QED) is 0.355. The minimum Gasteiger partial charge on any atom is -0.357 e. The molecule has 2 aliphatic rings. The number of aromatic nitrogens is 2. The van der Waals surface area contributed by atoms with Gasteiger partial charge < -0.3 is 14.8 Å². The molecule has 1 fully saturated rings. The Balaban J connectivity index is 1.43. The zero-order valence-electron chi connectivity index (χ0n) is 15.7. The Labute approximate surface area is 151 Å². The molecule has 3 rings (SSSR count). The first-order valence-corrected chi connectivity index (χ1v) is 9.68. The lowest BCUT2D eigenvalue weighted by atomic mass is 10.2. The summed E-state index contributed by atoms with van der Waals surface area (Å²) in [4.78, 5) is 14.1. The van der Waals surface area contributed by atoms with Crippen LogP contribution in [0.4, 0.5) is 0 Å². The molecule has 2 aliphatic heterocycles. The van der Waals surface area contributed by atoms with E-state index >= 15 is 0 Å². The summed E-state index contributed by atoms with van der Waals surface area (Å²) in [7, 11) is 0. The van der Waals surface area contributed by atoms with Crippen molar-refractivity contribution in [1.29, 1.82) is 0 Å². The molecule has 138 valence electrons. The number of likely N-dealkylation sites (tertiary alicyclic amines) is 1. The van der Waals surface area contributed by atoms with Crippen LogP contribution in [0.15, 0.2) is 29.5 Å². The number of aliphatic imine (C=N–C) groups is 1. The molecule has 0 bridgehead atoms. The average molecular weight is 345 g/mol. The molecule has 25 heavy (non-hydrogen) atoms. The Bertz CT molecular complexity index is 582. The number of unbranched alkanes of at least 4 members (excludes halogenated alkanes) is 1. The highest BCUT2D eigenvalue weighted by atomic mass is 15.3. The maximum atomic E-state index is 4.87. The van der Waals surface area contributed by atoms with Crippen molar-refractivity contribution in [1.82, 2.24) is 24.7 Å². The molecule has 1 atom stereocenters. The van der Waals surface area contributed by atoms with Gasteiger partial charge in [0, 0.05) is 64.2 Å². The molecule has 6 nitrogen and oxygen atoms in total. The fourth-order valence-electron chi connectivity index (χ4n) is 3.67. The third-order valence-electron chi connectivity index (χ3n) is 5.15. The van der Waals surface area contributed by atoms with Crippen molar-refractivity contribution in [2.24, 2.45) is 4.99 Å². The van der Waals surface area contributed by atoms with E-state index in [2.05, 4.69) is 56.9 Å². The Morgan fingerprint density at radius 1 is 1.32 bits per heavy atom. The Morgan fingerprint density at radius 2 is 2.16 bits per heavy atom. The summed E-state index contributed by atoms with van der Waals surface area (Å²) in [6.45, 7) is 11.5. The maximum absolute atomic E-state index is 4.87. The van der Waals surface area contributed by atoms with E-state index in [1.54, 1.807) is 0 Å². The zero-order chi connectivity index (χ0) is 17.5. The van der Waals surface area contributed by atoms with Gasteiger partial charge in [-0.3, -0.25) is 9.89 Å². The van der Waals surface area contributed by atoms with E-state index in [9.17, 15) is 0 Å². The summed E-state index contributed by atoms with van der Waals surface area (Å²) >= 11 is 0. The lowest BCUT2D eigenvalue weighted by molar-refractivity contribution is 0.259. The van der Waals surface area contributed by atoms with Gasteiger partial charge in [-0.05, 0) is 33.1 Å². The third-order valence-corrected chi connectivity index (χ3v) is 5.15. The van der Waals surface area contributed by atoms with E-state index in [1.807, 2.05) is 6.20 Å². The second-order valence-electron chi connectivity index (χ2n) is 6.92. The van der Waals surface area contributed by atoms with Crippen molar-refractivity contribution in [3.8, 4) is 0 Å². The molecule has 6 heteroatoms. The monoisotopic (exact) mass is 344 g/mol. The van der Waals surface area contributed by atoms with Gasteiger partial charge in [0.2, 0.25) is 0 Å². The van der Waals surface area contributed by atoms with Crippen LogP contribution in [0, 0.1) is 6.92 Å². The predicted octanol–water partition coefficient (Wildman–Crippen LogP) is 1.88. The molecule has 3 heterocycles. The van der Waals surface area contributed by atoms with Crippen LogP contribution in [0.1, 0.15) is 32.0 Å². The van der Waals surface area contributed by atoms with Crippen LogP contribution in [0.2, 0.25) is 0 Å². The van der Waals surface area contributed by atoms with Crippen LogP contribution in [-0.4, -0.2) is 70.6 Å². The van der Waals surface area contributed by atoms with Crippen LogP contribution >= 0.6 is 0 Å². The van der Waals surface area contributed by atoms with E-state index < -0.39 is 0 Å². The topological polar surface area (TPSA) is 48.7 Å². The molecule has 0 radical (unpaired) electrons. The standard InChI is InChI=1S/C19H32N6/c1-3-20-19(22-9-4-5-11-23-15-10-21-17(23)2)25-14-8-18(16-25)24-12-6-7-13-24/h6-7,10,15,18H,3-5,8-9,11-14,16H2,1-2H3,(H,20,22). The third kappa shape index (κ3) is 4.84. The van der Waals surface area contributed by atoms with Crippen LogP contribution in [0.25, 0.3) is 0 Å². The number of aryl methyl sites for hydroxylation is 2. The lowest BCUT2D eigenvalue weighted by Gasteiger charge is -2.25. The van der Waals surface area contributed by atoms with Crippen LogP contribution < -0.4 is 5.32 Å². The highest BCUT2D eigenvalue weighted by Crippen LogP contribution is 2.18. The minimum absolute atomic E-state index is 0.670. The molecule has 0 spiro atoms. The van der Waals surface area contributed by atoms with E-state index in [1.165, 1.54) is 6.42 Å². The highest BCUT2D eigenvalue weighted by Gasteiger charge is 2.29. The lowest BCUT2D eigenvalue weighted by Crippen LogP contribution is -2.42. The van der Waals surface area contributed by atoms with Crippen molar-refractivity contribution in [2.45, 2.75) is 45.7 Å². The molecule has 0 saturated carbocycles. The van der Waals surface area contributed by atoms with Gasteiger partial charge in [-0.25, -0.2) is 4.98 Å². The summed E-state index contributed by atoms with van der Waals surface area (Å²) in [6.07, 6.45) is 12.0. The van der Waals surface area contributed by atoms with Crippen molar-refractivity contribution in [2.75, 3.05) is 39.3 Å². The van der Waals surface area contributed by atoms with E-state index in [-0.39, 0.29) is 0 Å². The van der Waals surface area contributed by atoms with Gasteiger partial charge in [0.1, 0.15) is 5.82 Å². The van der Waals surface area contributed by atoms with Crippen molar-refractivity contribution >= 4 is 5.96 Å². The normalized spacial score (nSPS) is 21.4. The number of guanidine groups is 1. The van der Waals surface area contributed by atoms with Gasteiger partial charge in [-0.2, -0.15) is 0 Å². The van der Waals surface area contributed by atoms with E-state index in [0.717, 1.165) is 70.4 Å². The number of imidazole rings is 1. The smallest absolute Gasteiger partial charge is 0.193 e. The average Bonchev–Trinajstić information content (AvgIpc) is 3.35. The molecule has 1 aromatic rings. The summed E-state index contributed by atoms with van der Waals surface area (Å²) in [5, 5.41) is 3.48. The van der Waals surface area contributed by atoms with Crippen LogP contribution in [-0.2, 0) is 6.54 Å². The van der Waals surface area contributed by atoms with E-state index in [4.69, 9.17) is 4.99 Å². The number of nitrogens with one attached hydrogen (secondary N) is 1. The maximum Gasteiger partial charge on any atom is 0.193 e. The molecule has 0 aliphatic carbocycles. The Kier molecular flexibility index (Phi) is 6.50. The second kappa shape index (κ2) is 9.04. The van der Waals surface area contributed by atoms with Crippen LogP contribution in [0.5, 0.6) is 0 Å². The molecule has 1 aromatic heterocycles. The first-order chi connectivity index (χ1) is 12.3. The molecule has 1 unspecified atom stereocenters. The first-order valence-electron chi connectivity index (χ1n) is 9.68.